The molecule has 0 aliphatic carbocycles. The number of rotatable bonds is 10. The fraction of sp³-hybridized carbons (Fsp3) is 0.400. The maximum Gasteiger partial charge on any atom is 0.354 e. The predicted molar refractivity (Wildman–Crippen MR) is 150 cm³/mol. The van der Waals surface area contributed by atoms with Crippen LogP contribution in [0.4, 0.5) is 4.39 Å². The number of ether oxygens (including phenoxy) is 3. The van der Waals surface area contributed by atoms with Gasteiger partial charge in [0.2, 0.25) is 5.88 Å². The van der Waals surface area contributed by atoms with Crippen molar-refractivity contribution in [1.82, 2.24) is 29.4 Å². The molecule has 0 amide bonds. The summed E-state index contributed by atoms with van der Waals surface area (Å²) in [6, 6.07) is 9.15. The van der Waals surface area contributed by atoms with Gasteiger partial charge in [0.25, 0.3) is 0 Å². The summed E-state index contributed by atoms with van der Waals surface area (Å²) >= 11 is 0. The van der Waals surface area contributed by atoms with Gasteiger partial charge in [-0.2, -0.15) is 10.2 Å². The molecule has 0 spiro atoms. The maximum absolute atomic E-state index is 13.4. The standard InChI is InChI=1S/C30H30FN7O5/c1-18-10-21(43-29-4-7-33-27(36-29)17-42-26-3-2-20(31)11-19(26)13-32)5-8-37(18)16-28-35-24-14-34-23(30(39)40)12-25(24)38(28)15-22-6-9-41-22/h2-4,7,11-12,14,18,21-22H,5-6,8-10,15-17H2,1H3,(H,39,40)/t18-,21-,22?/m0/s1. The number of carboxylic acids is 1. The Morgan fingerprint density at radius 3 is 2.84 bits per heavy atom. The molecule has 12 nitrogen and oxygen atoms in total. The number of aromatic carboxylic acids is 1. The highest BCUT2D eigenvalue weighted by molar-refractivity contribution is 5.90. The van der Waals surface area contributed by atoms with E-state index < -0.39 is 11.8 Å². The monoisotopic (exact) mass is 587 g/mol. The molecule has 2 fully saturated rings. The molecule has 1 unspecified atom stereocenters. The molecular weight excluding hydrogens is 557 g/mol. The van der Waals surface area contributed by atoms with Gasteiger partial charge in [-0.25, -0.2) is 24.1 Å². The van der Waals surface area contributed by atoms with Crippen molar-refractivity contribution in [1.29, 1.82) is 5.26 Å². The number of aromatic nitrogens is 5. The lowest BCUT2D eigenvalue weighted by Gasteiger charge is -2.37. The molecule has 1 aromatic carbocycles. The Kier molecular flexibility index (Phi) is 8.13. The number of likely N-dealkylation sites (tertiary alicyclic amines) is 1. The number of piperidine rings is 1. The van der Waals surface area contributed by atoms with E-state index >= 15 is 0 Å². The first kappa shape index (κ1) is 28.4. The van der Waals surface area contributed by atoms with Gasteiger partial charge in [0.1, 0.15) is 47.4 Å². The molecule has 0 radical (unpaired) electrons. The molecular formula is C30H30FN7O5. The molecule has 2 aliphatic rings. The van der Waals surface area contributed by atoms with Gasteiger partial charge in [-0.05, 0) is 50.5 Å². The lowest BCUT2D eigenvalue weighted by atomic mass is 10.0. The van der Waals surface area contributed by atoms with Crippen LogP contribution in [0, 0.1) is 17.1 Å². The van der Waals surface area contributed by atoms with Crippen molar-refractivity contribution in [3.8, 4) is 17.7 Å². The molecule has 0 saturated carbocycles. The zero-order valence-electron chi connectivity index (χ0n) is 23.5. The SMILES string of the molecule is C[C@H]1C[C@@H](Oc2ccnc(COc3ccc(F)cc3C#N)n2)CCN1Cc1nc2cnc(C(=O)O)cc2n1CC1CCO1. The number of carbonyl (C=O) groups is 1. The normalized spacial score (nSPS) is 20.3. The fourth-order valence-corrected chi connectivity index (χ4v) is 5.40. The smallest absolute Gasteiger partial charge is 0.354 e. The Morgan fingerprint density at radius 2 is 2.09 bits per heavy atom. The molecule has 2 saturated heterocycles. The van der Waals surface area contributed by atoms with Crippen LogP contribution in [0.5, 0.6) is 11.6 Å². The molecule has 5 heterocycles. The minimum atomic E-state index is -1.07. The molecule has 3 atom stereocenters. The second-order valence-electron chi connectivity index (χ2n) is 10.7. The molecule has 13 heteroatoms. The van der Waals surface area contributed by atoms with Crippen molar-refractivity contribution in [2.24, 2.45) is 0 Å². The van der Waals surface area contributed by atoms with Crippen molar-refractivity contribution >= 4 is 17.0 Å². The summed E-state index contributed by atoms with van der Waals surface area (Å²) in [7, 11) is 0. The number of fused-ring (bicyclic) bond motifs is 1. The number of hydrogen-bond donors (Lipinski definition) is 1. The van der Waals surface area contributed by atoms with E-state index in [1.165, 1.54) is 18.3 Å². The summed E-state index contributed by atoms with van der Waals surface area (Å²) in [5.41, 5.74) is 1.50. The molecule has 2 aliphatic heterocycles. The number of imidazole rings is 1. The van der Waals surface area contributed by atoms with E-state index in [0.717, 1.165) is 49.8 Å². The third-order valence-electron chi connectivity index (χ3n) is 7.81. The van der Waals surface area contributed by atoms with Crippen LogP contribution in [-0.2, 0) is 24.4 Å². The topological polar surface area (TPSA) is 149 Å². The number of benzene rings is 1. The predicted octanol–water partition coefficient (Wildman–Crippen LogP) is 3.73. The summed E-state index contributed by atoms with van der Waals surface area (Å²) < 4.78 is 33.0. The first-order valence-corrected chi connectivity index (χ1v) is 14.1. The first-order chi connectivity index (χ1) is 20.9. The Balaban J connectivity index is 1.09. The number of carboxylic acid groups (broad SMARTS) is 1. The van der Waals surface area contributed by atoms with E-state index in [9.17, 15) is 19.6 Å². The largest absolute Gasteiger partial charge is 0.484 e. The Bertz CT molecular complexity index is 1690. The summed E-state index contributed by atoms with van der Waals surface area (Å²) in [5.74, 6) is 0.337. The van der Waals surface area contributed by atoms with Gasteiger partial charge in [-0.3, -0.25) is 4.90 Å². The van der Waals surface area contributed by atoms with Crippen LogP contribution in [0.3, 0.4) is 0 Å². The minimum absolute atomic E-state index is 0.00271. The van der Waals surface area contributed by atoms with Crippen molar-refractivity contribution < 1.29 is 28.5 Å². The number of halogens is 1. The summed E-state index contributed by atoms with van der Waals surface area (Å²) in [6.07, 6.45) is 5.65. The number of nitrogens with zero attached hydrogens (tertiary/aromatic N) is 7. The minimum Gasteiger partial charge on any atom is -0.484 e. The van der Waals surface area contributed by atoms with Crippen molar-refractivity contribution in [2.75, 3.05) is 13.2 Å². The van der Waals surface area contributed by atoms with E-state index in [4.69, 9.17) is 19.2 Å². The van der Waals surface area contributed by atoms with Crippen LogP contribution in [0.15, 0.2) is 42.7 Å². The molecule has 43 heavy (non-hydrogen) atoms. The van der Waals surface area contributed by atoms with Crippen LogP contribution in [0.25, 0.3) is 11.0 Å². The van der Waals surface area contributed by atoms with Gasteiger partial charge < -0.3 is 23.9 Å². The van der Waals surface area contributed by atoms with Crippen molar-refractivity contribution in [3.05, 3.63) is 71.4 Å². The molecule has 222 valence electrons. The number of pyridine rings is 1. The summed E-state index contributed by atoms with van der Waals surface area (Å²) in [6.45, 7) is 4.87. The van der Waals surface area contributed by atoms with Gasteiger partial charge in [0.15, 0.2) is 5.82 Å². The Hall–Kier alpha value is -4.67. The molecule has 3 aromatic heterocycles. The van der Waals surface area contributed by atoms with E-state index in [0.29, 0.717) is 30.3 Å². The third kappa shape index (κ3) is 6.40. The van der Waals surface area contributed by atoms with Crippen LogP contribution in [0.2, 0.25) is 0 Å². The van der Waals surface area contributed by atoms with E-state index in [1.54, 1.807) is 18.3 Å². The van der Waals surface area contributed by atoms with Gasteiger partial charge in [0.05, 0.1) is 36.5 Å². The van der Waals surface area contributed by atoms with Gasteiger partial charge in [-0.1, -0.05) is 0 Å². The molecule has 6 rings (SSSR count). The molecule has 1 N–H and O–H groups in total. The van der Waals surface area contributed by atoms with Crippen molar-refractivity contribution in [3.63, 3.8) is 0 Å². The zero-order chi connectivity index (χ0) is 29.9. The van der Waals surface area contributed by atoms with Gasteiger partial charge in [0, 0.05) is 31.5 Å². The summed E-state index contributed by atoms with van der Waals surface area (Å²) in [4.78, 5) is 31.4. The van der Waals surface area contributed by atoms with E-state index in [-0.39, 0.29) is 41.9 Å². The maximum atomic E-state index is 13.4. The quantitative estimate of drug-likeness (QED) is 0.289. The lowest BCUT2D eigenvalue weighted by molar-refractivity contribution is -0.0593. The summed E-state index contributed by atoms with van der Waals surface area (Å²) in [5, 5.41) is 18.7. The van der Waals surface area contributed by atoms with Crippen LogP contribution in [-0.4, -0.2) is 71.9 Å². The highest BCUT2D eigenvalue weighted by Crippen LogP contribution is 2.27. The molecule has 0 bridgehead atoms. The Labute approximate surface area is 246 Å². The van der Waals surface area contributed by atoms with Gasteiger partial charge >= 0.3 is 5.97 Å². The third-order valence-corrected chi connectivity index (χ3v) is 7.81. The van der Waals surface area contributed by atoms with Crippen molar-refractivity contribution in [2.45, 2.75) is 64.1 Å². The number of hydrogen-bond acceptors (Lipinski definition) is 10. The molecule has 4 aromatic rings. The van der Waals surface area contributed by atoms with E-state index in [2.05, 4.69) is 31.3 Å². The highest BCUT2D eigenvalue weighted by Gasteiger charge is 2.30. The van der Waals surface area contributed by atoms with Gasteiger partial charge in [-0.15, -0.1) is 0 Å². The van der Waals surface area contributed by atoms with Crippen LogP contribution in [0.1, 0.15) is 53.9 Å². The van der Waals surface area contributed by atoms with Crippen LogP contribution >= 0.6 is 0 Å². The van der Waals surface area contributed by atoms with E-state index in [1.807, 2.05) is 6.07 Å². The second-order valence-corrected chi connectivity index (χ2v) is 10.7. The number of nitriles is 1. The average Bonchev–Trinajstić information content (AvgIpc) is 3.31. The fourth-order valence-electron chi connectivity index (χ4n) is 5.40. The highest BCUT2D eigenvalue weighted by atomic mass is 19.1. The zero-order valence-corrected chi connectivity index (χ0v) is 23.5. The Morgan fingerprint density at radius 1 is 1.23 bits per heavy atom. The second kappa shape index (κ2) is 12.3. The van der Waals surface area contributed by atoms with Crippen LogP contribution < -0.4 is 9.47 Å². The lowest BCUT2D eigenvalue weighted by Crippen LogP contribution is -2.44. The first-order valence-electron chi connectivity index (χ1n) is 14.1. The average molecular weight is 588 g/mol.